The summed E-state index contributed by atoms with van der Waals surface area (Å²) in [5.74, 6) is -0.0972. The van der Waals surface area contributed by atoms with Gasteiger partial charge in [0.2, 0.25) is 0 Å². The van der Waals surface area contributed by atoms with Crippen molar-refractivity contribution in [2.45, 2.75) is 19.5 Å². The largest absolute Gasteiger partial charge is 0.496 e. The van der Waals surface area contributed by atoms with Crippen molar-refractivity contribution < 1.29 is 22.7 Å². The number of benzene rings is 2. The molecular formula is C20H16ClF3N2O2. The number of Topliss-reactive ketones (excluding diaryl/α,β-unsaturated/α-hetero) is 1. The summed E-state index contributed by atoms with van der Waals surface area (Å²) in [6, 6.07) is 12.1. The molecule has 1 heterocycles. The monoisotopic (exact) mass is 408 g/mol. The molecule has 0 N–H and O–H groups in total. The topological polar surface area (TPSA) is 44.1 Å². The summed E-state index contributed by atoms with van der Waals surface area (Å²) in [4.78, 5) is 12.7. The predicted octanol–water partition coefficient (Wildman–Crippen LogP) is 5.29. The lowest BCUT2D eigenvalue weighted by Crippen LogP contribution is -2.14. The van der Waals surface area contributed by atoms with Crippen LogP contribution in [0.25, 0.3) is 5.69 Å². The molecule has 146 valence electrons. The number of halogens is 4. The van der Waals surface area contributed by atoms with Crippen LogP contribution in [0.1, 0.15) is 27.3 Å². The number of aryl methyl sites for hydroxylation is 1. The quantitative estimate of drug-likeness (QED) is 0.539. The van der Waals surface area contributed by atoms with Gasteiger partial charge in [-0.15, -0.1) is 0 Å². The van der Waals surface area contributed by atoms with Crippen molar-refractivity contribution >= 4 is 17.4 Å². The summed E-state index contributed by atoms with van der Waals surface area (Å²) in [5.41, 5.74) is 0.380. The van der Waals surface area contributed by atoms with Gasteiger partial charge in [-0.05, 0) is 36.8 Å². The molecule has 0 saturated heterocycles. The second-order valence-corrected chi connectivity index (χ2v) is 6.56. The van der Waals surface area contributed by atoms with Gasteiger partial charge in [-0.1, -0.05) is 29.8 Å². The van der Waals surface area contributed by atoms with Gasteiger partial charge < -0.3 is 4.74 Å². The van der Waals surface area contributed by atoms with Gasteiger partial charge in [0.25, 0.3) is 0 Å². The number of alkyl halides is 3. The average Bonchev–Trinajstić information content (AvgIpc) is 3.05. The molecule has 0 amide bonds. The normalized spacial score (nSPS) is 11.5. The fraction of sp³-hybridized carbons (Fsp3) is 0.200. The van der Waals surface area contributed by atoms with Crippen LogP contribution >= 0.6 is 11.6 Å². The third kappa shape index (κ3) is 4.04. The van der Waals surface area contributed by atoms with Gasteiger partial charge in [0.1, 0.15) is 11.4 Å². The van der Waals surface area contributed by atoms with Crippen molar-refractivity contribution in [2.75, 3.05) is 7.11 Å². The van der Waals surface area contributed by atoms with E-state index in [4.69, 9.17) is 16.3 Å². The summed E-state index contributed by atoms with van der Waals surface area (Å²) in [7, 11) is 1.35. The van der Waals surface area contributed by atoms with Crippen molar-refractivity contribution in [3.05, 3.63) is 76.1 Å². The van der Waals surface area contributed by atoms with Crippen molar-refractivity contribution in [3.63, 3.8) is 0 Å². The zero-order valence-electron chi connectivity index (χ0n) is 15.0. The Balaban J connectivity index is 1.98. The first-order chi connectivity index (χ1) is 13.2. The van der Waals surface area contributed by atoms with Gasteiger partial charge in [0, 0.05) is 17.5 Å². The molecule has 3 rings (SSSR count). The molecule has 0 saturated carbocycles. The summed E-state index contributed by atoms with van der Waals surface area (Å²) in [5, 5.41) is 4.38. The van der Waals surface area contributed by atoms with Crippen LogP contribution in [0.2, 0.25) is 5.02 Å². The Bertz CT molecular complexity index is 1030. The van der Waals surface area contributed by atoms with Gasteiger partial charge in [-0.25, -0.2) is 4.68 Å². The molecule has 0 spiro atoms. The molecule has 1 aromatic heterocycles. The van der Waals surface area contributed by atoms with Crippen molar-refractivity contribution in [2.24, 2.45) is 0 Å². The molecule has 0 aliphatic carbocycles. The van der Waals surface area contributed by atoms with E-state index in [1.807, 2.05) is 0 Å². The first-order valence-electron chi connectivity index (χ1n) is 8.29. The van der Waals surface area contributed by atoms with Gasteiger partial charge in [0.05, 0.1) is 24.1 Å². The van der Waals surface area contributed by atoms with Crippen LogP contribution in [-0.2, 0) is 12.6 Å². The SMILES string of the molecule is COc1cc(-n2nc(C)cc2C(F)(F)F)ccc1C(=O)Cc1ccccc1Cl. The summed E-state index contributed by atoms with van der Waals surface area (Å²) in [6.45, 7) is 1.48. The van der Waals surface area contributed by atoms with Gasteiger partial charge >= 0.3 is 6.18 Å². The van der Waals surface area contributed by atoms with Crippen molar-refractivity contribution in [1.29, 1.82) is 0 Å². The maximum atomic E-state index is 13.3. The van der Waals surface area contributed by atoms with E-state index < -0.39 is 11.9 Å². The molecule has 0 bridgehead atoms. The molecule has 0 radical (unpaired) electrons. The minimum absolute atomic E-state index is 0.0457. The zero-order valence-corrected chi connectivity index (χ0v) is 15.8. The number of aromatic nitrogens is 2. The Morgan fingerprint density at radius 1 is 1.18 bits per heavy atom. The Kier molecular flexibility index (Phi) is 5.47. The number of ether oxygens (including phenoxy) is 1. The number of nitrogens with zero attached hydrogens (tertiary/aromatic N) is 2. The molecule has 8 heteroatoms. The molecular weight excluding hydrogens is 393 g/mol. The van der Waals surface area contributed by atoms with Crippen LogP contribution in [0.15, 0.2) is 48.5 Å². The molecule has 0 unspecified atom stereocenters. The lowest BCUT2D eigenvalue weighted by Gasteiger charge is -2.13. The molecule has 28 heavy (non-hydrogen) atoms. The Labute approximate surface area is 164 Å². The molecule has 0 aliphatic rings. The van der Waals surface area contributed by atoms with E-state index in [1.54, 1.807) is 24.3 Å². The van der Waals surface area contributed by atoms with Crippen LogP contribution in [0.4, 0.5) is 13.2 Å². The maximum Gasteiger partial charge on any atom is 0.433 e. The van der Waals surface area contributed by atoms with Crippen LogP contribution in [0.5, 0.6) is 5.75 Å². The molecule has 0 fully saturated rings. The predicted molar refractivity (Wildman–Crippen MR) is 99.3 cm³/mol. The maximum absolute atomic E-state index is 13.3. The van der Waals surface area contributed by atoms with E-state index in [0.29, 0.717) is 10.6 Å². The fourth-order valence-electron chi connectivity index (χ4n) is 2.85. The standard InChI is InChI=1S/C20H16ClF3N2O2/c1-12-9-19(20(22,23)24)26(25-12)14-7-8-15(18(11-14)28-2)17(27)10-13-5-3-4-6-16(13)21/h3-9,11H,10H2,1-2H3. The van der Waals surface area contributed by atoms with E-state index in [-0.39, 0.29) is 34.9 Å². The number of hydrogen-bond acceptors (Lipinski definition) is 3. The zero-order chi connectivity index (χ0) is 20.5. The first kappa shape index (κ1) is 19.9. The number of rotatable bonds is 5. The Hall–Kier alpha value is -2.80. The van der Waals surface area contributed by atoms with Crippen LogP contribution in [0, 0.1) is 6.92 Å². The van der Waals surface area contributed by atoms with Gasteiger partial charge in [0.15, 0.2) is 5.78 Å². The van der Waals surface area contributed by atoms with Crippen molar-refractivity contribution in [3.8, 4) is 11.4 Å². The number of carbonyl (C=O) groups is 1. The molecule has 0 aliphatic heterocycles. The highest BCUT2D eigenvalue weighted by Gasteiger charge is 2.36. The Morgan fingerprint density at radius 2 is 1.89 bits per heavy atom. The van der Waals surface area contributed by atoms with Crippen molar-refractivity contribution in [1.82, 2.24) is 9.78 Å². The van der Waals surface area contributed by atoms with E-state index in [0.717, 1.165) is 10.7 Å². The Morgan fingerprint density at radius 3 is 2.54 bits per heavy atom. The van der Waals surface area contributed by atoms with Crippen LogP contribution in [0.3, 0.4) is 0 Å². The van der Waals surface area contributed by atoms with E-state index in [9.17, 15) is 18.0 Å². The van der Waals surface area contributed by atoms with E-state index in [2.05, 4.69) is 5.10 Å². The minimum atomic E-state index is -4.56. The second-order valence-electron chi connectivity index (χ2n) is 6.16. The third-order valence-corrected chi connectivity index (χ3v) is 4.53. The summed E-state index contributed by atoms with van der Waals surface area (Å²) < 4.78 is 45.8. The minimum Gasteiger partial charge on any atom is -0.496 e. The van der Waals surface area contributed by atoms with Crippen LogP contribution in [-0.4, -0.2) is 22.7 Å². The summed E-state index contributed by atoms with van der Waals surface area (Å²) >= 11 is 6.10. The van der Waals surface area contributed by atoms with Crippen LogP contribution < -0.4 is 4.74 Å². The smallest absolute Gasteiger partial charge is 0.433 e. The number of ketones is 1. The summed E-state index contributed by atoms with van der Waals surface area (Å²) in [6.07, 6.45) is -4.52. The fourth-order valence-corrected chi connectivity index (χ4v) is 3.05. The van der Waals surface area contributed by atoms with E-state index >= 15 is 0 Å². The average molecular weight is 409 g/mol. The molecule has 2 aromatic carbocycles. The lowest BCUT2D eigenvalue weighted by molar-refractivity contribution is -0.142. The number of methoxy groups -OCH3 is 1. The molecule has 0 atom stereocenters. The highest BCUT2D eigenvalue weighted by molar-refractivity contribution is 6.31. The number of carbonyl (C=O) groups excluding carboxylic acids is 1. The number of hydrogen-bond donors (Lipinski definition) is 0. The van der Waals surface area contributed by atoms with Gasteiger partial charge in [-0.3, -0.25) is 4.79 Å². The molecule has 3 aromatic rings. The highest BCUT2D eigenvalue weighted by Crippen LogP contribution is 2.33. The van der Waals surface area contributed by atoms with E-state index in [1.165, 1.54) is 32.2 Å². The van der Waals surface area contributed by atoms with Gasteiger partial charge in [-0.2, -0.15) is 18.3 Å². The third-order valence-electron chi connectivity index (χ3n) is 4.16. The lowest BCUT2D eigenvalue weighted by atomic mass is 10.0. The second kappa shape index (κ2) is 7.67. The highest BCUT2D eigenvalue weighted by atomic mass is 35.5. The molecule has 4 nitrogen and oxygen atoms in total. The first-order valence-corrected chi connectivity index (χ1v) is 8.67.